The zero-order chi connectivity index (χ0) is 13.9. The van der Waals surface area contributed by atoms with Crippen LogP contribution in [0.5, 0.6) is 0 Å². The fraction of sp³-hybridized carbons (Fsp3) is 0.538. The van der Waals surface area contributed by atoms with Crippen LogP contribution in [0.3, 0.4) is 0 Å². The number of rotatable bonds is 3. The van der Waals surface area contributed by atoms with Crippen LogP contribution in [-0.4, -0.2) is 20.2 Å². The van der Waals surface area contributed by atoms with Crippen molar-refractivity contribution in [2.75, 3.05) is 0 Å². The Morgan fingerprint density at radius 3 is 2.44 bits per heavy atom. The quantitative estimate of drug-likeness (QED) is 0.625. The van der Waals surface area contributed by atoms with Gasteiger partial charge >= 0.3 is 0 Å². The number of pyridine rings is 1. The molecule has 0 aliphatic heterocycles. The SMILES string of the molecule is CC(C)c1ccc(/C=N/[S@@](=O)C(C)(C)C)nc1F. The van der Waals surface area contributed by atoms with Crippen molar-refractivity contribution < 1.29 is 8.60 Å². The van der Waals surface area contributed by atoms with E-state index in [2.05, 4.69) is 9.38 Å². The monoisotopic (exact) mass is 270 g/mol. The Bertz CT molecular complexity index is 478. The summed E-state index contributed by atoms with van der Waals surface area (Å²) in [6.07, 6.45) is 1.36. The van der Waals surface area contributed by atoms with Gasteiger partial charge in [0.05, 0.1) is 16.7 Å². The van der Waals surface area contributed by atoms with E-state index in [0.29, 0.717) is 11.3 Å². The highest BCUT2D eigenvalue weighted by Crippen LogP contribution is 2.17. The molecule has 1 heterocycles. The molecule has 0 saturated heterocycles. The topological polar surface area (TPSA) is 42.3 Å². The Labute approximate surface area is 110 Å². The predicted molar refractivity (Wildman–Crippen MR) is 73.8 cm³/mol. The Kier molecular flexibility index (Phi) is 4.73. The van der Waals surface area contributed by atoms with Crippen LogP contribution < -0.4 is 0 Å². The molecule has 0 aromatic carbocycles. The van der Waals surface area contributed by atoms with E-state index in [-0.39, 0.29) is 5.92 Å². The van der Waals surface area contributed by atoms with Crippen molar-refractivity contribution in [1.82, 2.24) is 4.98 Å². The summed E-state index contributed by atoms with van der Waals surface area (Å²) in [7, 11) is -1.35. The van der Waals surface area contributed by atoms with Gasteiger partial charge in [0, 0.05) is 5.56 Å². The summed E-state index contributed by atoms with van der Waals surface area (Å²) in [5.41, 5.74) is 0.957. The molecule has 1 aromatic heterocycles. The number of hydrogen-bond donors (Lipinski definition) is 0. The van der Waals surface area contributed by atoms with Gasteiger partial charge in [-0.05, 0) is 32.8 Å². The van der Waals surface area contributed by atoms with E-state index < -0.39 is 21.7 Å². The molecule has 1 atom stereocenters. The smallest absolute Gasteiger partial charge is 0.216 e. The van der Waals surface area contributed by atoms with Crippen molar-refractivity contribution in [2.45, 2.75) is 45.3 Å². The van der Waals surface area contributed by atoms with Crippen LogP contribution in [0.25, 0.3) is 0 Å². The highest BCUT2D eigenvalue weighted by Gasteiger charge is 2.18. The molecule has 0 aliphatic rings. The van der Waals surface area contributed by atoms with Gasteiger partial charge in [-0.2, -0.15) is 8.79 Å². The van der Waals surface area contributed by atoms with E-state index in [9.17, 15) is 8.60 Å². The molecule has 1 aromatic rings. The number of halogens is 1. The van der Waals surface area contributed by atoms with E-state index in [0.717, 1.165) is 0 Å². The van der Waals surface area contributed by atoms with Gasteiger partial charge in [0.1, 0.15) is 11.0 Å². The average molecular weight is 270 g/mol. The van der Waals surface area contributed by atoms with Crippen molar-refractivity contribution in [2.24, 2.45) is 4.40 Å². The minimum Gasteiger partial charge on any atom is -0.234 e. The lowest BCUT2D eigenvalue weighted by molar-refractivity contribution is 0.556. The molecule has 0 bridgehead atoms. The highest BCUT2D eigenvalue weighted by molar-refractivity contribution is 7.85. The lowest BCUT2D eigenvalue weighted by atomic mass is 10.1. The average Bonchev–Trinajstić information content (AvgIpc) is 2.24. The molecule has 0 saturated carbocycles. The van der Waals surface area contributed by atoms with Gasteiger partial charge < -0.3 is 0 Å². The van der Waals surface area contributed by atoms with Crippen LogP contribution in [0.4, 0.5) is 4.39 Å². The van der Waals surface area contributed by atoms with E-state index in [4.69, 9.17) is 0 Å². The molecular weight excluding hydrogens is 251 g/mol. The molecule has 0 spiro atoms. The van der Waals surface area contributed by atoms with E-state index >= 15 is 0 Å². The molecule has 3 nitrogen and oxygen atoms in total. The van der Waals surface area contributed by atoms with Gasteiger partial charge in [0.2, 0.25) is 5.95 Å². The molecule has 5 heteroatoms. The van der Waals surface area contributed by atoms with Crippen LogP contribution in [0, 0.1) is 5.95 Å². The molecule has 18 heavy (non-hydrogen) atoms. The molecule has 0 N–H and O–H groups in total. The standard InChI is InChI=1S/C13H19FN2OS/c1-9(2)11-7-6-10(16-12(11)14)8-15-18(17)13(3,4)5/h6-9H,1-5H3/b15-8+/t18-/m0/s1. The molecule has 0 amide bonds. The summed E-state index contributed by atoms with van der Waals surface area (Å²) in [6.45, 7) is 9.30. The Morgan fingerprint density at radius 2 is 2.00 bits per heavy atom. The summed E-state index contributed by atoms with van der Waals surface area (Å²) in [6, 6.07) is 3.37. The van der Waals surface area contributed by atoms with Gasteiger partial charge in [-0.3, -0.25) is 0 Å². The first-order valence-electron chi connectivity index (χ1n) is 5.84. The maximum atomic E-state index is 13.6. The van der Waals surface area contributed by atoms with Gasteiger partial charge in [0.25, 0.3) is 0 Å². The number of nitrogens with zero attached hydrogens (tertiary/aromatic N) is 2. The highest BCUT2D eigenvalue weighted by atomic mass is 32.2. The Hall–Kier alpha value is -1.10. The normalized spacial score (nSPS) is 14.4. The third-order valence-electron chi connectivity index (χ3n) is 2.33. The Balaban J connectivity index is 2.91. The van der Waals surface area contributed by atoms with Crippen molar-refractivity contribution >= 4 is 17.2 Å². The zero-order valence-corrected chi connectivity index (χ0v) is 12.2. The maximum Gasteiger partial charge on any atom is 0.216 e. The van der Waals surface area contributed by atoms with Crippen molar-refractivity contribution in [3.8, 4) is 0 Å². The zero-order valence-electron chi connectivity index (χ0n) is 11.4. The Morgan fingerprint density at radius 1 is 1.39 bits per heavy atom. The van der Waals surface area contributed by atoms with Gasteiger partial charge in [-0.1, -0.05) is 19.9 Å². The first-order chi connectivity index (χ1) is 8.21. The van der Waals surface area contributed by atoms with Crippen molar-refractivity contribution in [1.29, 1.82) is 0 Å². The van der Waals surface area contributed by atoms with E-state index in [1.165, 1.54) is 6.21 Å². The fourth-order valence-electron chi connectivity index (χ4n) is 1.22. The lowest BCUT2D eigenvalue weighted by Gasteiger charge is -2.12. The maximum absolute atomic E-state index is 13.6. The summed E-state index contributed by atoms with van der Waals surface area (Å²) < 4.78 is 28.8. The van der Waals surface area contributed by atoms with Crippen LogP contribution in [-0.2, 0) is 11.0 Å². The van der Waals surface area contributed by atoms with Gasteiger partial charge in [0.15, 0.2) is 0 Å². The molecule has 1 rings (SSSR count). The summed E-state index contributed by atoms with van der Waals surface area (Å²) in [5, 5.41) is 0. The first-order valence-corrected chi connectivity index (χ1v) is 6.95. The van der Waals surface area contributed by atoms with Gasteiger partial charge in [-0.15, -0.1) is 0 Å². The number of aromatic nitrogens is 1. The predicted octanol–water partition coefficient (Wildman–Crippen LogP) is 3.23. The van der Waals surface area contributed by atoms with Crippen molar-refractivity contribution in [3.63, 3.8) is 0 Å². The second kappa shape index (κ2) is 5.69. The third-order valence-corrected chi connectivity index (χ3v) is 3.67. The summed E-state index contributed by atoms with van der Waals surface area (Å²) >= 11 is 0. The minimum absolute atomic E-state index is 0.0900. The molecule has 0 unspecified atom stereocenters. The van der Waals surface area contributed by atoms with Crippen LogP contribution in [0.1, 0.15) is 51.8 Å². The third kappa shape index (κ3) is 3.98. The molecule has 0 aliphatic carbocycles. The molecule has 0 fully saturated rings. The van der Waals surface area contributed by atoms with Crippen LogP contribution >= 0.6 is 0 Å². The lowest BCUT2D eigenvalue weighted by Crippen LogP contribution is -2.19. The largest absolute Gasteiger partial charge is 0.234 e. The fourth-order valence-corrected chi connectivity index (χ4v) is 1.74. The minimum atomic E-state index is -1.35. The van der Waals surface area contributed by atoms with Crippen molar-refractivity contribution in [3.05, 3.63) is 29.3 Å². The summed E-state index contributed by atoms with van der Waals surface area (Å²) in [5.74, 6) is -0.400. The molecule has 0 radical (unpaired) electrons. The van der Waals surface area contributed by atoms with E-state index in [1.807, 2.05) is 34.6 Å². The van der Waals surface area contributed by atoms with Crippen LogP contribution in [0.2, 0.25) is 0 Å². The second-order valence-corrected chi connectivity index (χ2v) is 7.30. The first kappa shape index (κ1) is 15.0. The molecule has 100 valence electrons. The van der Waals surface area contributed by atoms with E-state index in [1.54, 1.807) is 12.1 Å². The van der Waals surface area contributed by atoms with Gasteiger partial charge in [-0.25, -0.2) is 9.19 Å². The summed E-state index contributed by atoms with van der Waals surface area (Å²) in [4.78, 5) is 3.80. The van der Waals surface area contributed by atoms with Crippen LogP contribution in [0.15, 0.2) is 16.5 Å². The molecular formula is C13H19FN2OS. The second-order valence-electron chi connectivity index (χ2n) is 5.37. The number of hydrogen-bond acceptors (Lipinski definition) is 2.